The molecule has 2 aromatic rings. The van der Waals surface area contributed by atoms with Crippen LogP contribution in [-0.4, -0.2) is 9.97 Å². The van der Waals surface area contributed by atoms with Crippen molar-refractivity contribution in [3.8, 4) is 5.88 Å². The molecule has 0 amide bonds. The molecule has 6 heteroatoms. The number of nitrogens with two attached hydrogens (primary N) is 1. The molecule has 2 rings (SSSR count). The van der Waals surface area contributed by atoms with Crippen molar-refractivity contribution in [3.63, 3.8) is 0 Å². The second kappa shape index (κ2) is 5.21. The summed E-state index contributed by atoms with van der Waals surface area (Å²) in [5.41, 5.74) is 6.83. The molecule has 0 fully saturated rings. The van der Waals surface area contributed by atoms with Crippen LogP contribution in [0, 0.1) is 0 Å². The highest BCUT2D eigenvalue weighted by Gasteiger charge is 2.06. The van der Waals surface area contributed by atoms with Gasteiger partial charge in [0.05, 0.1) is 6.20 Å². The van der Waals surface area contributed by atoms with Gasteiger partial charge in [-0.05, 0) is 17.7 Å². The molecule has 0 aliphatic carbocycles. The molecule has 0 unspecified atom stereocenters. The second-order valence-corrected chi connectivity index (χ2v) is 4.02. The van der Waals surface area contributed by atoms with E-state index in [1.54, 1.807) is 6.07 Å². The molecule has 0 aliphatic heterocycles. The number of anilines is 1. The Labute approximate surface area is 108 Å². The van der Waals surface area contributed by atoms with E-state index in [0.29, 0.717) is 10.7 Å². The fourth-order valence-electron chi connectivity index (χ4n) is 1.23. The van der Waals surface area contributed by atoms with Crippen LogP contribution in [0.25, 0.3) is 0 Å². The third kappa shape index (κ3) is 2.99. The summed E-state index contributed by atoms with van der Waals surface area (Å²) >= 11 is 11.6. The summed E-state index contributed by atoms with van der Waals surface area (Å²) in [6.07, 6.45) is 1.40. The highest BCUT2D eigenvalue weighted by atomic mass is 35.5. The van der Waals surface area contributed by atoms with Crippen LogP contribution in [0.2, 0.25) is 10.3 Å². The summed E-state index contributed by atoms with van der Waals surface area (Å²) in [6, 6.07) is 7.38. The minimum atomic E-state index is 0.0911. The molecule has 0 bridgehead atoms. The van der Waals surface area contributed by atoms with Crippen LogP contribution in [-0.2, 0) is 6.61 Å². The maximum absolute atomic E-state index is 5.99. The van der Waals surface area contributed by atoms with Crippen LogP contribution < -0.4 is 10.5 Å². The van der Waals surface area contributed by atoms with E-state index in [0.717, 1.165) is 5.56 Å². The van der Waals surface area contributed by atoms with Crippen LogP contribution in [0.1, 0.15) is 5.56 Å². The van der Waals surface area contributed by atoms with Gasteiger partial charge in [-0.15, -0.1) is 0 Å². The Kier molecular flexibility index (Phi) is 3.66. The molecule has 0 saturated carbocycles. The van der Waals surface area contributed by atoms with E-state index in [9.17, 15) is 0 Å². The van der Waals surface area contributed by atoms with Crippen molar-refractivity contribution in [3.05, 3.63) is 46.3 Å². The van der Waals surface area contributed by atoms with Gasteiger partial charge in [-0.25, -0.2) is 4.98 Å². The maximum atomic E-state index is 5.99. The Balaban J connectivity index is 2.12. The van der Waals surface area contributed by atoms with E-state index in [-0.39, 0.29) is 17.8 Å². The highest BCUT2D eigenvalue weighted by Crippen LogP contribution is 2.22. The number of hydrogen-bond donors (Lipinski definition) is 1. The fourth-order valence-corrected chi connectivity index (χ4v) is 1.55. The minimum absolute atomic E-state index is 0.0911. The first-order chi connectivity index (χ1) is 8.16. The van der Waals surface area contributed by atoms with Crippen LogP contribution >= 0.6 is 23.2 Å². The Morgan fingerprint density at radius 2 is 2.00 bits per heavy atom. The average molecular weight is 270 g/mol. The van der Waals surface area contributed by atoms with Crippen LogP contribution in [0.15, 0.2) is 30.5 Å². The standard InChI is InChI=1S/C11H9Cl2N3O/c12-8-4-2-1-3-7(8)6-17-10-9(14)5-15-11(13)16-10/h1-5H,6,14H2. The molecule has 17 heavy (non-hydrogen) atoms. The van der Waals surface area contributed by atoms with Gasteiger partial charge in [0.2, 0.25) is 11.2 Å². The van der Waals surface area contributed by atoms with Gasteiger partial charge in [-0.2, -0.15) is 4.98 Å². The van der Waals surface area contributed by atoms with E-state index in [2.05, 4.69) is 9.97 Å². The lowest BCUT2D eigenvalue weighted by Gasteiger charge is -2.08. The predicted octanol–water partition coefficient (Wildman–Crippen LogP) is 2.94. The smallest absolute Gasteiger partial charge is 0.241 e. The first-order valence-corrected chi connectivity index (χ1v) is 5.56. The zero-order valence-corrected chi connectivity index (χ0v) is 10.2. The van der Waals surface area contributed by atoms with Gasteiger partial charge in [0.1, 0.15) is 12.3 Å². The van der Waals surface area contributed by atoms with Crippen molar-refractivity contribution in [1.82, 2.24) is 9.97 Å². The van der Waals surface area contributed by atoms with Gasteiger partial charge in [0, 0.05) is 10.6 Å². The van der Waals surface area contributed by atoms with E-state index in [4.69, 9.17) is 33.7 Å². The molecule has 4 nitrogen and oxygen atoms in total. The zero-order chi connectivity index (χ0) is 12.3. The number of hydrogen-bond acceptors (Lipinski definition) is 4. The normalized spacial score (nSPS) is 10.2. The molecule has 0 radical (unpaired) electrons. The predicted molar refractivity (Wildman–Crippen MR) is 67.2 cm³/mol. The monoisotopic (exact) mass is 269 g/mol. The number of benzene rings is 1. The highest BCUT2D eigenvalue weighted by molar-refractivity contribution is 6.31. The van der Waals surface area contributed by atoms with Gasteiger partial charge in [0.25, 0.3) is 0 Å². The number of ether oxygens (including phenoxy) is 1. The summed E-state index contributed by atoms with van der Waals surface area (Å²) in [6.45, 7) is 0.275. The van der Waals surface area contributed by atoms with E-state index in [1.165, 1.54) is 6.20 Å². The average Bonchev–Trinajstić information content (AvgIpc) is 2.32. The van der Waals surface area contributed by atoms with Crippen molar-refractivity contribution >= 4 is 28.9 Å². The Morgan fingerprint density at radius 1 is 1.24 bits per heavy atom. The molecule has 1 aromatic heterocycles. The zero-order valence-electron chi connectivity index (χ0n) is 8.73. The van der Waals surface area contributed by atoms with E-state index >= 15 is 0 Å². The number of nitrogens with zero attached hydrogens (tertiary/aromatic N) is 2. The number of halogens is 2. The number of rotatable bonds is 3. The number of aromatic nitrogens is 2. The lowest BCUT2D eigenvalue weighted by atomic mass is 10.2. The van der Waals surface area contributed by atoms with Crippen LogP contribution in [0.3, 0.4) is 0 Å². The Bertz CT molecular complexity index is 534. The molecular weight excluding hydrogens is 261 g/mol. The summed E-state index contributed by atoms with van der Waals surface area (Å²) in [4.78, 5) is 7.62. The minimum Gasteiger partial charge on any atom is -0.471 e. The van der Waals surface area contributed by atoms with Crippen molar-refractivity contribution in [2.45, 2.75) is 6.61 Å². The molecule has 0 aliphatic rings. The van der Waals surface area contributed by atoms with Crippen molar-refractivity contribution in [2.75, 3.05) is 5.73 Å². The van der Waals surface area contributed by atoms with Gasteiger partial charge < -0.3 is 10.5 Å². The van der Waals surface area contributed by atoms with Crippen LogP contribution in [0.5, 0.6) is 5.88 Å². The quantitative estimate of drug-likeness (QED) is 0.871. The molecule has 0 saturated heterocycles. The largest absolute Gasteiger partial charge is 0.471 e. The maximum Gasteiger partial charge on any atom is 0.241 e. The Hall–Kier alpha value is -1.52. The van der Waals surface area contributed by atoms with Gasteiger partial charge in [0.15, 0.2) is 0 Å². The summed E-state index contributed by atoms with van der Waals surface area (Å²) in [5, 5.41) is 0.722. The second-order valence-electron chi connectivity index (χ2n) is 3.28. The SMILES string of the molecule is Nc1cnc(Cl)nc1OCc1ccccc1Cl. The fraction of sp³-hybridized carbons (Fsp3) is 0.0909. The molecule has 2 N–H and O–H groups in total. The summed E-state index contributed by atoms with van der Waals surface area (Å²) in [5.74, 6) is 0.255. The Morgan fingerprint density at radius 3 is 2.76 bits per heavy atom. The molecule has 1 aromatic carbocycles. The van der Waals surface area contributed by atoms with Crippen LogP contribution in [0.4, 0.5) is 5.69 Å². The third-order valence-corrected chi connectivity index (χ3v) is 2.62. The van der Waals surface area contributed by atoms with Gasteiger partial charge in [-0.1, -0.05) is 29.8 Å². The van der Waals surface area contributed by atoms with Crippen molar-refractivity contribution in [1.29, 1.82) is 0 Å². The molecule has 88 valence electrons. The molecular formula is C11H9Cl2N3O. The summed E-state index contributed by atoms with van der Waals surface area (Å²) < 4.78 is 5.44. The van der Waals surface area contributed by atoms with Crippen molar-refractivity contribution < 1.29 is 4.74 Å². The number of nitrogen functional groups attached to an aromatic ring is 1. The van der Waals surface area contributed by atoms with Gasteiger partial charge in [-0.3, -0.25) is 0 Å². The van der Waals surface area contributed by atoms with E-state index < -0.39 is 0 Å². The van der Waals surface area contributed by atoms with Crippen molar-refractivity contribution in [2.24, 2.45) is 0 Å². The summed E-state index contributed by atoms with van der Waals surface area (Å²) in [7, 11) is 0. The van der Waals surface area contributed by atoms with Gasteiger partial charge >= 0.3 is 0 Å². The third-order valence-electron chi connectivity index (χ3n) is 2.07. The lowest BCUT2D eigenvalue weighted by Crippen LogP contribution is -2.02. The molecule has 1 heterocycles. The lowest BCUT2D eigenvalue weighted by molar-refractivity contribution is 0.295. The molecule has 0 atom stereocenters. The first kappa shape index (κ1) is 12.0. The van der Waals surface area contributed by atoms with E-state index in [1.807, 2.05) is 18.2 Å². The first-order valence-electron chi connectivity index (χ1n) is 4.81. The molecule has 0 spiro atoms. The topological polar surface area (TPSA) is 61.0 Å².